The van der Waals surface area contributed by atoms with Gasteiger partial charge in [0.25, 0.3) is 0 Å². The molecule has 2 aromatic rings. The normalized spacial score (nSPS) is 12.4. The lowest BCUT2D eigenvalue weighted by Crippen LogP contribution is -2.31. The summed E-state index contributed by atoms with van der Waals surface area (Å²) >= 11 is 0. The first-order valence-corrected chi connectivity index (χ1v) is 6.20. The van der Waals surface area contributed by atoms with E-state index in [4.69, 9.17) is 0 Å². The van der Waals surface area contributed by atoms with Gasteiger partial charge in [-0.15, -0.1) is 0 Å². The summed E-state index contributed by atoms with van der Waals surface area (Å²) < 4.78 is 27.2. The molecule has 4 heteroatoms. The van der Waals surface area contributed by atoms with E-state index in [0.29, 0.717) is 12.8 Å². The van der Waals surface area contributed by atoms with Gasteiger partial charge in [-0.25, -0.2) is 8.78 Å². The third-order valence-electron chi connectivity index (χ3n) is 3.10. The van der Waals surface area contributed by atoms with E-state index in [1.165, 1.54) is 18.2 Å². The van der Waals surface area contributed by atoms with Crippen molar-refractivity contribution in [1.82, 2.24) is 10.3 Å². The molecule has 0 aliphatic heterocycles. The lowest BCUT2D eigenvalue weighted by atomic mass is 10.0. The maximum atomic E-state index is 13.6. The molecule has 0 aliphatic carbocycles. The molecule has 2 rings (SSSR count). The molecule has 1 aromatic carbocycles. The third kappa shape index (κ3) is 3.58. The molecule has 1 unspecified atom stereocenters. The first-order chi connectivity index (χ1) is 9.20. The first-order valence-electron chi connectivity index (χ1n) is 6.20. The van der Waals surface area contributed by atoms with Gasteiger partial charge in [0.05, 0.1) is 0 Å². The van der Waals surface area contributed by atoms with Crippen molar-refractivity contribution < 1.29 is 8.78 Å². The van der Waals surface area contributed by atoms with Crippen LogP contribution >= 0.6 is 0 Å². The predicted molar refractivity (Wildman–Crippen MR) is 70.9 cm³/mol. The Hall–Kier alpha value is -1.81. The van der Waals surface area contributed by atoms with Crippen molar-refractivity contribution in [2.24, 2.45) is 0 Å². The van der Waals surface area contributed by atoms with Crippen molar-refractivity contribution in [3.8, 4) is 0 Å². The molecule has 1 heterocycles. The fourth-order valence-electron chi connectivity index (χ4n) is 2.02. The van der Waals surface area contributed by atoms with E-state index >= 15 is 0 Å². The summed E-state index contributed by atoms with van der Waals surface area (Å²) in [5.41, 5.74) is 1.02. The van der Waals surface area contributed by atoms with Gasteiger partial charge in [0.1, 0.15) is 11.6 Å². The van der Waals surface area contributed by atoms with Crippen molar-refractivity contribution in [1.29, 1.82) is 0 Å². The Kier molecular flexibility index (Phi) is 4.58. The van der Waals surface area contributed by atoms with Crippen molar-refractivity contribution in [2.45, 2.75) is 18.9 Å². The first kappa shape index (κ1) is 13.6. The summed E-state index contributed by atoms with van der Waals surface area (Å²) in [6, 6.07) is 9.54. The Morgan fingerprint density at radius 3 is 2.37 bits per heavy atom. The van der Waals surface area contributed by atoms with Gasteiger partial charge >= 0.3 is 0 Å². The SMILES string of the molecule is CNC(Cc1ccccn1)Cc1c(F)cccc1F. The van der Waals surface area contributed by atoms with E-state index in [-0.39, 0.29) is 11.6 Å². The van der Waals surface area contributed by atoms with Crippen LogP contribution in [0.1, 0.15) is 11.3 Å². The van der Waals surface area contributed by atoms with E-state index < -0.39 is 11.6 Å². The van der Waals surface area contributed by atoms with Gasteiger partial charge in [0, 0.05) is 29.9 Å². The Balaban J connectivity index is 2.11. The topological polar surface area (TPSA) is 24.9 Å². The minimum Gasteiger partial charge on any atom is -0.316 e. The van der Waals surface area contributed by atoms with E-state index in [9.17, 15) is 8.78 Å². The number of hydrogen-bond acceptors (Lipinski definition) is 2. The predicted octanol–water partition coefficient (Wildman–Crippen LogP) is 2.73. The highest BCUT2D eigenvalue weighted by Crippen LogP contribution is 2.15. The van der Waals surface area contributed by atoms with E-state index in [1.807, 2.05) is 18.2 Å². The molecule has 0 fully saturated rings. The van der Waals surface area contributed by atoms with Crippen LogP contribution in [0.15, 0.2) is 42.6 Å². The van der Waals surface area contributed by atoms with Crippen LogP contribution in [0, 0.1) is 11.6 Å². The Labute approximate surface area is 111 Å². The fourth-order valence-corrected chi connectivity index (χ4v) is 2.02. The fraction of sp³-hybridized carbons (Fsp3) is 0.267. The van der Waals surface area contributed by atoms with Crippen molar-refractivity contribution >= 4 is 0 Å². The van der Waals surface area contributed by atoms with Crippen LogP contribution in [0.2, 0.25) is 0 Å². The number of benzene rings is 1. The van der Waals surface area contributed by atoms with Crippen LogP contribution in [-0.2, 0) is 12.8 Å². The summed E-state index contributed by atoms with van der Waals surface area (Å²) in [6.45, 7) is 0. The second-order valence-electron chi connectivity index (χ2n) is 4.42. The Morgan fingerprint density at radius 1 is 1.05 bits per heavy atom. The highest BCUT2D eigenvalue weighted by Gasteiger charge is 2.15. The molecule has 1 atom stereocenters. The zero-order chi connectivity index (χ0) is 13.7. The molecule has 1 N–H and O–H groups in total. The van der Waals surface area contributed by atoms with E-state index in [1.54, 1.807) is 13.2 Å². The van der Waals surface area contributed by atoms with Gasteiger partial charge in [0.2, 0.25) is 0 Å². The largest absolute Gasteiger partial charge is 0.316 e. The summed E-state index contributed by atoms with van der Waals surface area (Å²) in [5, 5.41) is 3.08. The number of aromatic nitrogens is 1. The molecule has 1 aromatic heterocycles. The molecule has 0 bridgehead atoms. The van der Waals surface area contributed by atoms with Crippen LogP contribution in [0.25, 0.3) is 0 Å². The Morgan fingerprint density at radius 2 is 1.79 bits per heavy atom. The van der Waals surface area contributed by atoms with Crippen LogP contribution in [0.5, 0.6) is 0 Å². The number of pyridine rings is 1. The van der Waals surface area contributed by atoms with Crippen molar-refractivity contribution in [3.05, 3.63) is 65.5 Å². The van der Waals surface area contributed by atoms with Gasteiger partial charge in [-0.2, -0.15) is 0 Å². The quantitative estimate of drug-likeness (QED) is 0.896. The van der Waals surface area contributed by atoms with Gasteiger partial charge in [-0.05, 0) is 37.7 Å². The number of halogens is 2. The standard InChI is InChI=1S/C15H16F2N2/c1-18-12(9-11-5-2-3-8-19-11)10-13-14(16)6-4-7-15(13)17/h2-8,12,18H,9-10H2,1H3. The highest BCUT2D eigenvalue weighted by atomic mass is 19.1. The lowest BCUT2D eigenvalue weighted by Gasteiger charge is -2.16. The van der Waals surface area contributed by atoms with Gasteiger partial charge < -0.3 is 5.32 Å². The molecule has 0 radical (unpaired) electrons. The minimum atomic E-state index is -0.499. The summed E-state index contributed by atoms with van der Waals surface area (Å²) in [5.74, 6) is -0.998. The number of likely N-dealkylation sites (N-methyl/N-ethyl adjacent to an activating group) is 1. The van der Waals surface area contributed by atoms with Crippen LogP contribution in [-0.4, -0.2) is 18.1 Å². The second-order valence-corrected chi connectivity index (χ2v) is 4.42. The van der Waals surface area contributed by atoms with Gasteiger partial charge in [-0.1, -0.05) is 12.1 Å². The molecule has 0 spiro atoms. The smallest absolute Gasteiger partial charge is 0.129 e. The van der Waals surface area contributed by atoms with Crippen molar-refractivity contribution in [3.63, 3.8) is 0 Å². The maximum Gasteiger partial charge on any atom is 0.129 e. The second kappa shape index (κ2) is 6.38. The van der Waals surface area contributed by atoms with E-state index in [2.05, 4.69) is 10.3 Å². The summed E-state index contributed by atoms with van der Waals surface area (Å²) in [4.78, 5) is 4.23. The van der Waals surface area contributed by atoms with E-state index in [0.717, 1.165) is 5.69 Å². The minimum absolute atomic E-state index is 0.0544. The third-order valence-corrected chi connectivity index (χ3v) is 3.10. The molecule has 0 saturated carbocycles. The van der Waals surface area contributed by atoms with Crippen LogP contribution in [0.4, 0.5) is 8.78 Å². The average molecular weight is 262 g/mol. The molecular formula is C15H16F2N2. The monoisotopic (exact) mass is 262 g/mol. The molecule has 0 amide bonds. The zero-order valence-corrected chi connectivity index (χ0v) is 10.7. The highest BCUT2D eigenvalue weighted by molar-refractivity contribution is 5.21. The molecule has 0 saturated heterocycles. The Bertz CT molecular complexity index is 509. The molecule has 0 aliphatic rings. The summed E-state index contributed by atoms with van der Waals surface area (Å²) in [6.07, 6.45) is 2.64. The summed E-state index contributed by atoms with van der Waals surface area (Å²) in [7, 11) is 1.78. The van der Waals surface area contributed by atoms with Gasteiger partial charge in [-0.3, -0.25) is 4.98 Å². The lowest BCUT2D eigenvalue weighted by molar-refractivity contribution is 0.499. The number of hydrogen-bond donors (Lipinski definition) is 1. The molecular weight excluding hydrogens is 246 g/mol. The number of nitrogens with one attached hydrogen (secondary N) is 1. The maximum absolute atomic E-state index is 13.6. The average Bonchev–Trinajstić information content (AvgIpc) is 2.43. The van der Waals surface area contributed by atoms with Gasteiger partial charge in [0.15, 0.2) is 0 Å². The molecule has 2 nitrogen and oxygen atoms in total. The number of rotatable bonds is 5. The van der Waals surface area contributed by atoms with Crippen molar-refractivity contribution in [2.75, 3.05) is 7.05 Å². The molecule has 100 valence electrons. The zero-order valence-electron chi connectivity index (χ0n) is 10.7. The van der Waals surface area contributed by atoms with Crippen LogP contribution < -0.4 is 5.32 Å². The number of nitrogens with zero attached hydrogens (tertiary/aromatic N) is 1. The van der Waals surface area contributed by atoms with Crippen LogP contribution in [0.3, 0.4) is 0 Å². The molecule has 19 heavy (non-hydrogen) atoms.